The number of anilines is 2. The zero-order valence-electron chi connectivity index (χ0n) is 11.1. The summed E-state index contributed by atoms with van der Waals surface area (Å²) in [6.07, 6.45) is 0.797. The average molecular weight is 293 g/mol. The summed E-state index contributed by atoms with van der Waals surface area (Å²) in [4.78, 5) is 32.5. The normalized spacial score (nSPS) is 13.0. The summed E-state index contributed by atoms with van der Waals surface area (Å²) < 4.78 is 0. The monoisotopic (exact) mass is 293 g/mol. The average Bonchev–Trinajstić information content (AvgIpc) is 2.42. The van der Waals surface area contributed by atoms with Gasteiger partial charge in [-0.05, 0) is 18.1 Å². The minimum absolute atomic E-state index is 0.0658. The molecule has 9 nitrogen and oxygen atoms in total. The van der Waals surface area contributed by atoms with E-state index in [1.807, 2.05) is 0 Å². The van der Waals surface area contributed by atoms with Crippen LogP contribution in [-0.4, -0.2) is 30.0 Å². The zero-order chi connectivity index (χ0) is 15.4. The molecule has 0 fully saturated rings. The summed E-state index contributed by atoms with van der Waals surface area (Å²) in [5, 5.41) is 19.0. The molecule has 0 unspecified atom stereocenters. The molecule has 0 radical (unpaired) electrons. The Morgan fingerprint density at radius 3 is 2.81 bits per heavy atom. The Morgan fingerprint density at radius 1 is 1.38 bits per heavy atom. The van der Waals surface area contributed by atoms with Gasteiger partial charge in [0.25, 0.3) is 5.69 Å². The predicted molar refractivity (Wildman–Crippen MR) is 76.1 cm³/mol. The van der Waals surface area contributed by atoms with E-state index in [0.29, 0.717) is 18.5 Å². The molecule has 2 rings (SSSR count). The second kappa shape index (κ2) is 6.07. The van der Waals surface area contributed by atoms with Crippen LogP contribution in [0, 0.1) is 10.1 Å². The van der Waals surface area contributed by atoms with Crippen LogP contribution in [0.15, 0.2) is 12.1 Å². The van der Waals surface area contributed by atoms with E-state index >= 15 is 0 Å². The van der Waals surface area contributed by atoms with Crippen molar-refractivity contribution < 1.29 is 14.5 Å². The third-order valence-corrected chi connectivity index (χ3v) is 3.05. The van der Waals surface area contributed by atoms with Gasteiger partial charge in [-0.2, -0.15) is 0 Å². The topological polar surface area (TPSA) is 139 Å². The first kappa shape index (κ1) is 14.6. The van der Waals surface area contributed by atoms with Crippen molar-refractivity contribution in [1.29, 1.82) is 0 Å². The van der Waals surface area contributed by atoms with Crippen molar-refractivity contribution in [3.8, 4) is 0 Å². The number of nitrogens with zero attached hydrogens (tertiary/aromatic N) is 1. The highest BCUT2D eigenvalue weighted by Crippen LogP contribution is 2.33. The number of rotatable bonds is 5. The molecule has 9 heteroatoms. The molecule has 0 saturated heterocycles. The SMILES string of the molecule is NC(=O)NCCNc1cc2c(cc1[N+](=O)[O-])CCC(=O)N2. The van der Waals surface area contributed by atoms with Crippen LogP contribution in [-0.2, 0) is 11.2 Å². The van der Waals surface area contributed by atoms with Gasteiger partial charge in [-0.15, -0.1) is 0 Å². The lowest BCUT2D eigenvalue weighted by atomic mass is 10.0. The lowest BCUT2D eigenvalue weighted by Crippen LogP contribution is -2.33. The molecule has 1 aliphatic rings. The van der Waals surface area contributed by atoms with E-state index in [1.165, 1.54) is 12.1 Å². The maximum Gasteiger partial charge on any atom is 0.312 e. The molecule has 3 amide bonds. The smallest absolute Gasteiger partial charge is 0.312 e. The van der Waals surface area contributed by atoms with Crippen LogP contribution in [0.4, 0.5) is 21.9 Å². The maximum absolute atomic E-state index is 11.4. The van der Waals surface area contributed by atoms with Crippen LogP contribution < -0.4 is 21.7 Å². The molecular formula is C12H15N5O4. The third kappa shape index (κ3) is 3.59. The number of hydrogen-bond donors (Lipinski definition) is 4. The van der Waals surface area contributed by atoms with Crippen molar-refractivity contribution >= 4 is 29.0 Å². The number of fused-ring (bicyclic) bond motifs is 1. The molecule has 0 saturated carbocycles. The van der Waals surface area contributed by atoms with Crippen LogP contribution in [0.2, 0.25) is 0 Å². The molecule has 1 aromatic carbocycles. The minimum atomic E-state index is -0.663. The molecular weight excluding hydrogens is 278 g/mol. The summed E-state index contributed by atoms with van der Waals surface area (Å²) in [6.45, 7) is 0.506. The number of carbonyl (C=O) groups excluding carboxylic acids is 2. The predicted octanol–water partition coefficient (Wildman–Crippen LogP) is 0.560. The Bertz CT molecular complexity index is 602. The molecule has 1 aliphatic heterocycles. The second-order valence-corrected chi connectivity index (χ2v) is 4.55. The summed E-state index contributed by atoms with van der Waals surface area (Å²) in [5.74, 6) is -0.113. The van der Waals surface area contributed by atoms with Crippen LogP contribution in [0.3, 0.4) is 0 Å². The Morgan fingerprint density at radius 2 is 2.14 bits per heavy atom. The van der Waals surface area contributed by atoms with Crippen LogP contribution in [0.25, 0.3) is 0 Å². The number of urea groups is 1. The highest BCUT2D eigenvalue weighted by atomic mass is 16.6. The second-order valence-electron chi connectivity index (χ2n) is 4.55. The third-order valence-electron chi connectivity index (χ3n) is 3.05. The van der Waals surface area contributed by atoms with E-state index < -0.39 is 11.0 Å². The molecule has 1 heterocycles. The van der Waals surface area contributed by atoms with Crippen LogP contribution >= 0.6 is 0 Å². The number of nitro benzene ring substituents is 1. The first-order chi connectivity index (χ1) is 9.97. The number of nitrogens with two attached hydrogens (primary N) is 1. The van der Waals surface area contributed by atoms with Gasteiger partial charge in [-0.25, -0.2) is 4.79 Å². The van der Waals surface area contributed by atoms with Crippen molar-refractivity contribution in [3.05, 3.63) is 27.8 Å². The van der Waals surface area contributed by atoms with E-state index in [1.54, 1.807) is 0 Å². The van der Waals surface area contributed by atoms with Gasteiger partial charge in [0.05, 0.1) is 4.92 Å². The fourth-order valence-corrected chi connectivity index (χ4v) is 2.09. The molecule has 1 aromatic rings. The van der Waals surface area contributed by atoms with Crippen molar-refractivity contribution in [2.75, 3.05) is 23.7 Å². The van der Waals surface area contributed by atoms with Crippen molar-refractivity contribution in [3.63, 3.8) is 0 Å². The lowest BCUT2D eigenvalue weighted by molar-refractivity contribution is -0.384. The summed E-state index contributed by atoms with van der Waals surface area (Å²) in [7, 11) is 0. The van der Waals surface area contributed by atoms with E-state index in [4.69, 9.17) is 5.73 Å². The van der Waals surface area contributed by atoms with Gasteiger partial charge in [-0.3, -0.25) is 14.9 Å². The molecule has 0 aromatic heterocycles. The number of hydrogen-bond acceptors (Lipinski definition) is 5. The molecule has 0 atom stereocenters. The summed E-state index contributed by atoms with van der Waals surface area (Å²) in [6, 6.07) is 2.33. The highest BCUT2D eigenvalue weighted by molar-refractivity contribution is 5.95. The Balaban J connectivity index is 2.17. The molecule has 0 bridgehead atoms. The first-order valence-corrected chi connectivity index (χ1v) is 6.35. The fraction of sp³-hybridized carbons (Fsp3) is 0.333. The molecule has 5 N–H and O–H groups in total. The van der Waals surface area contributed by atoms with Crippen molar-refractivity contribution in [2.24, 2.45) is 5.73 Å². The van der Waals surface area contributed by atoms with Crippen LogP contribution in [0.5, 0.6) is 0 Å². The number of primary amides is 1. The van der Waals surface area contributed by atoms with Crippen LogP contribution in [0.1, 0.15) is 12.0 Å². The van der Waals surface area contributed by atoms with E-state index in [2.05, 4.69) is 16.0 Å². The maximum atomic E-state index is 11.4. The number of nitro groups is 1. The zero-order valence-corrected chi connectivity index (χ0v) is 11.1. The number of aryl methyl sites for hydroxylation is 1. The minimum Gasteiger partial charge on any atom is -0.378 e. The van der Waals surface area contributed by atoms with Gasteiger partial charge in [-0.1, -0.05) is 0 Å². The number of nitrogens with one attached hydrogen (secondary N) is 3. The van der Waals surface area contributed by atoms with Gasteiger partial charge in [0.1, 0.15) is 5.69 Å². The largest absolute Gasteiger partial charge is 0.378 e. The number of benzene rings is 1. The van der Waals surface area contributed by atoms with Gasteiger partial charge >= 0.3 is 6.03 Å². The Kier molecular flexibility index (Phi) is 4.21. The van der Waals surface area contributed by atoms with E-state index in [-0.39, 0.29) is 30.4 Å². The fourth-order valence-electron chi connectivity index (χ4n) is 2.09. The van der Waals surface area contributed by atoms with Gasteiger partial charge in [0.15, 0.2) is 0 Å². The standard InChI is InChI=1S/C12H15N5O4/c13-12(19)15-4-3-14-9-6-8-7(1-2-11(18)16-8)5-10(9)17(20)21/h5-6,14H,1-4H2,(H,16,18)(H3,13,15,19). The Hall–Kier alpha value is -2.84. The summed E-state index contributed by atoms with van der Waals surface area (Å²) >= 11 is 0. The quantitative estimate of drug-likeness (QED) is 0.357. The van der Waals surface area contributed by atoms with Gasteiger partial charge in [0.2, 0.25) is 5.91 Å². The molecule has 0 spiro atoms. The summed E-state index contributed by atoms with van der Waals surface area (Å²) in [5.41, 5.74) is 6.45. The Labute approximate surface area is 120 Å². The molecule has 21 heavy (non-hydrogen) atoms. The van der Waals surface area contributed by atoms with E-state index in [9.17, 15) is 19.7 Å². The first-order valence-electron chi connectivity index (χ1n) is 6.35. The lowest BCUT2D eigenvalue weighted by Gasteiger charge is -2.18. The van der Waals surface area contributed by atoms with Gasteiger partial charge in [0, 0.05) is 31.3 Å². The van der Waals surface area contributed by atoms with Gasteiger partial charge < -0.3 is 21.7 Å². The molecule has 0 aliphatic carbocycles. The molecule has 112 valence electrons. The number of amides is 3. The van der Waals surface area contributed by atoms with E-state index in [0.717, 1.165) is 5.56 Å². The van der Waals surface area contributed by atoms with Crippen molar-refractivity contribution in [2.45, 2.75) is 12.8 Å². The number of carbonyl (C=O) groups is 2. The van der Waals surface area contributed by atoms with Crippen molar-refractivity contribution in [1.82, 2.24) is 5.32 Å². The highest BCUT2D eigenvalue weighted by Gasteiger charge is 2.22.